The third-order valence-corrected chi connectivity index (χ3v) is 8.69. The summed E-state index contributed by atoms with van der Waals surface area (Å²) >= 11 is 3.55. The molecule has 6 heteroatoms. The largest absolute Gasteiger partial charge is 0.306 e. The monoisotopic (exact) mass is 425 g/mol. The van der Waals surface area contributed by atoms with Crippen molar-refractivity contribution in [3.8, 4) is 5.69 Å². The standard InChI is InChI=1S/C23H27N3OS2/c1-15-8-9-18-19(14-15)29-21-20(18)22(27)26(16-6-4-3-5-7-16)23(24-21)28-17-10-12-25(2)13-11-17/h3-7,15,17H,8-14H2,1-2H3. The number of hydrogen-bond donors (Lipinski definition) is 0. The lowest BCUT2D eigenvalue weighted by molar-refractivity contribution is 0.282. The molecule has 3 heterocycles. The predicted molar refractivity (Wildman–Crippen MR) is 123 cm³/mol. The van der Waals surface area contributed by atoms with E-state index in [1.54, 1.807) is 23.1 Å². The van der Waals surface area contributed by atoms with Gasteiger partial charge in [0.1, 0.15) is 4.83 Å². The van der Waals surface area contributed by atoms with Gasteiger partial charge in [0.15, 0.2) is 5.16 Å². The summed E-state index contributed by atoms with van der Waals surface area (Å²) in [6, 6.07) is 10.0. The molecule has 2 aliphatic rings. The maximum atomic E-state index is 13.8. The lowest BCUT2D eigenvalue weighted by Gasteiger charge is -2.28. The van der Waals surface area contributed by atoms with Crippen LogP contribution in [0.1, 0.15) is 36.6 Å². The zero-order chi connectivity index (χ0) is 20.0. The van der Waals surface area contributed by atoms with E-state index in [1.807, 2.05) is 34.9 Å². The van der Waals surface area contributed by atoms with Crippen molar-refractivity contribution in [3.05, 3.63) is 51.1 Å². The molecule has 29 heavy (non-hydrogen) atoms. The molecule has 1 aromatic carbocycles. The van der Waals surface area contributed by atoms with E-state index in [-0.39, 0.29) is 5.56 Å². The van der Waals surface area contributed by atoms with Gasteiger partial charge in [-0.3, -0.25) is 9.36 Å². The maximum absolute atomic E-state index is 13.8. The van der Waals surface area contributed by atoms with Crippen molar-refractivity contribution in [2.45, 2.75) is 49.4 Å². The summed E-state index contributed by atoms with van der Waals surface area (Å²) in [4.78, 5) is 23.6. The SMILES string of the molecule is CC1CCc2c(sc3nc(SC4CCN(C)CC4)n(-c4ccccc4)c(=O)c23)C1. The van der Waals surface area contributed by atoms with Crippen molar-refractivity contribution < 1.29 is 0 Å². The molecule has 4 nitrogen and oxygen atoms in total. The highest BCUT2D eigenvalue weighted by molar-refractivity contribution is 7.99. The molecule has 1 aliphatic carbocycles. The van der Waals surface area contributed by atoms with Crippen LogP contribution < -0.4 is 5.56 Å². The Balaban J connectivity index is 1.65. The van der Waals surface area contributed by atoms with Gasteiger partial charge in [-0.05, 0) is 75.9 Å². The summed E-state index contributed by atoms with van der Waals surface area (Å²) in [6.07, 6.45) is 5.53. The molecule has 1 saturated heterocycles. The summed E-state index contributed by atoms with van der Waals surface area (Å²) in [5.41, 5.74) is 2.30. The van der Waals surface area contributed by atoms with Crippen LogP contribution in [0.5, 0.6) is 0 Å². The van der Waals surface area contributed by atoms with Gasteiger partial charge in [-0.15, -0.1) is 11.3 Å². The Kier molecular flexibility index (Phi) is 5.26. The summed E-state index contributed by atoms with van der Waals surface area (Å²) in [5.74, 6) is 0.694. The summed E-state index contributed by atoms with van der Waals surface area (Å²) in [5, 5.41) is 2.24. The zero-order valence-electron chi connectivity index (χ0n) is 17.1. The second kappa shape index (κ2) is 7.89. The van der Waals surface area contributed by atoms with Gasteiger partial charge in [0.25, 0.3) is 5.56 Å². The van der Waals surface area contributed by atoms with Crippen LogP contribution in [-0.2, 0) is 12.8 Å². The minimum Gasteiger partial charge on any atom is -0.306 e. The Morgan fingerprint density at radius 2 is 1.90 bits per heavy atom. The first-order valence-corrected chi connectivity index (χ1v) is 12.3. The third kappa shape index (κ3) is 3.66. The van der Waals surface area contributed by atoms with E-state index >= 15 is 0 Å². The number of piperidine rings is 1. The molecule has 2 aromatic heterocycles. The lowest BCUT2D eigenvalue weighted by atomic mass is 9.89. The fourth-order valence-corrected chi connectivity index (χ4v) is 7.12. The van der Waals surface area contributed by atoms with Crippen LogP contribution in [0.2, 0.25) is 0 Å². The van der Waals surface area contributed by atoms with Crippen molar-refractivity contribution >= 4 is 33.3 Å². The topological polar surface area (TPSA) is 38.1 Å². The molecule has 0 N–H and O–H groups in total. The molecule has 152 valence electrons. The highest BCUT2D eigenvalue weighted by Gasteiger charge is 2.27. The Morgan fingerprint density at radius 1 is 1.14 bits per heavy atom. The normalized spacial score (nSPS) is 20.8. The molecule has 0 saturated carbocycles. The Bertz CT molecular complexity index is 1080. The number of hydrogen-bond acceptors (Lipinski definition) is 5. The molecular formula is C23H27N3OS2. The van der Waals surface area contributed by atoms with E-state index in [0.29, 0.717) is 11.2 Å². The van der Waals surface area contributed by atoms with Crippen molar-refractivity contribution in [2.75, 3.05) is 20.1 Å². The molecule has 5 rings (SSSR count). The number of para-hydroxylation sites is 1. The number of benzene rings is 1. The number of thiophene rings is 1. The van der Waals surface area contributed by atoms with Crippen LogP contribution in [0.4, 0.5) is 0 Å². The van der Waals surface area contributed by atoms with Gasteiger partial charge >= 0.3 is 0 Å². The van der Waals surface area contributed by atoms with Crippen molar-refractivity contribution in [2.24, 2.45) is 5.92 Å². The van der Waals surface area contributed by atoms with E-state index in [1.165, 1.54) is 10.4 Å². The average molecular weight is 426 g/mol. The van der Waals surface area contributed by atoms with E-state index in [9.17, 15) is 4.79 Å². The van der Waals surface area contributed by atoms with Gasteiger partial charge in [-0.25, -0.2) is 4.98 Å². The highest BCUT2D eigenvalue weighted by Crippen LogP contribution is 2.38. The van der Waals surface area contributed by atoms with E-state index in [4.69, 9.17) is 4.98 Å². The van der Waals surface area contributed by atoms with E-state index < -0.39 is 0 Å². The molecule has 1 unspecified atom stereocenters. The molecule has 0 amide bonds. The number of likely N-dealkylation sites (tertiary alicyclic amines) is 1. The average Bonchev–Trinajstić information content (AvgIpc) is 3.08. The van der Waals surface area contributed by atoms with Crippen LogP contribution in [0, 0.1) is 5.92 Å². The first kappa shape index (κ1) is 19.3. The van der Waals surface area contributed by atoms with Gasteiger partial charge in [0, 0.05) is 10.1 Å². The fraction of sp³-hybridized carbons (Fsp3) is 0.478. The quantitative estimate of drug-likeness (QED) is 0.567. The molecule has 0 spiro atoms. The number of aromatic nitrogens is 2. The second-order valence-electron chi connectivity index (χ2n) is 8.52. The molecule has 1 fully saturated rings. The summed E-state index contributed by atoms with van der Waals surface area (Å²) < 4.78 is 1.87. The molecule has 3 aromatic rings. The highest BCUT2D eigenvalue weighted by atomic mass is 32.2. The summed E-state index contributed by atoms with van der Waals surface area (Å²) in [6.45, 7) is 4.53. The van der Waals surface area contributed by atoms with Crippen molar-refractivity contribution in [3.63, 3.8) is 0 Å². The molecule has 0 bridgehead atoms. The molecular weight excluding hydrogens is 398 g/mol. The van der Waals surface area contributed by atoms with Gasteiger partial charge in [-0.2, -0.15) is 0 Å². The third-order valence-electron chi connectivity index (χ3n) is 6.25. The lowest BCUT2D eigenvalue weighted by Crippen LogP contribution is -2.32. The zero-order valence-corrected chi connectivity index (χ0v) is 18.7. The second-order valence-corrected chi connectivity index (χ2v) is 10.9. The number of rotatable bonds is 3. The number of aryl methyl sites for hydroxylation is 1. The van der Waals surface area contributed by atoms with Crippen molar-refractivity contribution in [1.82, 2.24) is 14.5 Å². The van der Waals surface area contributed by atoms with E-state index in [0.717, 1.165) is 66.3 Å². The number of fused-ring (bicyclic) bond motifs is 3. The van der Waals surface area contributed by atoms with E-state index in [2.05, 4.69) is 18.9 Å². The molecule has 1 atom stereocenters. The van der Waals surface area contributed by atoms with Crippen LogP contribution in [0.3, 0.4) is 0 Å². The van der Waals surface area contributed by atoms with Gasteiger partial charge < -0.3 is 4.90 Å². The Hall–Kier alpha value is -1.63. The Morgan fingerprint density at radius 3 is 2.66 bits per heavy atom. The van der Waals surface area contributed by atoms with Crippen LogP contribution in [0.25, 0.3) is 15.9 Å². The number of nitrogens with zero attached hydrogens (tertiary/aromatic N) is 3. The van der Waals surface area contributed by atoms with Gasteiger partial charge in [0.05, 0.1) is 11.1 Å². The molecule has 0 radical (unpaired) electrons. The maximum Gasteiger partial charge on any atom is 0.267 e. The molecule has 1 aliphatic heterocycles. The minimum absolute atomic E-state index is 0.115. The Labute approximate surface area is 180 Å². The van der Waals surface area contributed by atoms with Crippen molar-refractivity contribution in [1.29, 1.82) is 0 Å². The summed E-state index contributed by atoms with van der Waals surface area (Å²) in [7, 11) is 2.18. The first-order chi connectivity index (χ1) is 14.1. The van der Waals surface area contributed by atoms with Gasteiger partial charge in [-0.1, -0.05) is 36.9 Å². The van der Waals surface area contributed by atoms with Crippen LogP contribution >= 0.6 is 23.1 Å². The fourth-order valence-electron chi connectivity index (χ4n) is 4.51. The number of thioether (sulfide) groups is 1. The van der Waals surface area contributed by atoms with Gasteiger partial charge in [0.2, 0.25) is 0 Å². The first-order valence-electron chi connectivity index (χ1n) is 10.6. The van der Waals surface area contributed by atoms with Crippen LogP contribution in [-0.4, -0.2) is 39.8 Å². The predicted octanol–water partition coefficient (Wildman–Crippen LogP) is 4.76. The van der Waals surface area contributed by atoms with Crippen LogP contribution in [0.15, 0.2) is 40.3 Å². The smallest absolute Gasteiger partial charge is 0.267 e. The minimum atomic E-state index is 0.115.